The number of rotatable bonds is 3. The van der Waals surface area contributed by atoms with Crippen LogP contribution in [0.3, 0.4) is 0 Å². The molecular formula is C17H20N2. The van der Waals surface area contributed by atoms with E-state index in [9.17, 15) is 0 Å². The fraction of sp³-hybridized carbons (Fsp3) is 0.294. The van der Waals surface area contributed by atoms with Crippen LogP contribution in [0.1, 0.15) is 36.1 Å². The minimum atomic E-state index is 0.125. The van der Waals surface area contributed by atoms with E-state index in [1.54, 1.807) is 0 Å². The molecule has 1 unspecified atom stereocenters. The Balaban J connectivity index is 1.93. The highest BCUT2D eigenvalue weighted by Crippen LogP contribution is 2.33. The Kier molecular flexibility index (Phi) is 3.26. The van der Waals surface area contributed by atoms with E-state index in [-0.39, 0.29) is 6.04 Å². The highest BCUT2D eigenvalue weighted by molar-refractivity contribution is 5.58. The van der Waals surface area contributed by atoms with Gasteiger partial charge in [0.1, 0.15) is 0 Å². The number of anilines is 1. The summed E-state index contributed by atoms with van der Waals surface area (Å²) in [7, 11) is 0. The van der Waals surface area contributed by atoms with Gasteiger partial charge < -0.3 is 10.6 Å². The van der Waals surface area contributed by atoms with Crippen molar-refractivity contribution in [3.05, 3.63) is 65.2 Å². The number of nitrogens with zero attached hydrogens (tertiary/aromatic N) is 1. The maximum absolute atomic E-state index is 6.24. The van der Waals surface area contributed by atoms with Crippen molar-refractivity contribution in [2.75, 3.05) is 4.90 Å². The van der Waals surface area contributed by atoms with Gasteiger partial charge in [0, 0.05) is 24.8 Å². The third-order valence-corrected chi connectivity index (χ3v) is 3.96. The lowest BCUT2D eigenvalue weighted by atomic mass is 10.0. The highest BCUT2D eigenvalue weighted by Gasteiger charge is 2.21. The molecule has 2 nitrogen and oxygen atoms in total. The lowest BCUT2D eigenvalue weighted by Crippen LogP contribution is -2.19. The second-order valence-electron chi connectivity index (χ2n) is 5.20. The minimum Gasteiger partial charge on any atom is -0.363 e. The molecule has 0 amide bonds. The number of para-hydroxylation sites is 1. The maximum atomic E-state index is 6.24. The minimum absolute atomic E-state index is 0.125. The molecule has 2 N–H and O–H groups in total. The molecule has 2 aromatic carbocycles. The summed E-state index contributed by atoms with van der Waals surface area (Å²) in [5.41, 5.74) is 11.7. The quantitative estimate of drug-likeness (QED) is 0.904. The molecule has 0 saturated heterocycles. The van der Waals surface area contributed by atoms with E-state index < -0.39 is 0 Å². The van der Waals surface area contributed by atoms with Crippen LogP contribution in [-0.4, -0.2) is 0 Å². The molecule has 0 radical (unpaired) electrons. The third kappa shape index (κ3) is 2.24. The van der Waals surface area contributed by atoms with Gasteiger partial charge in [0.15, 0.2) is 0 Å². The lowest BCUT2D eigenvalue weighted by Gasteiger charge is -2.24. The van der Waals surface area contributed by atoms with Crippen LogP contribution in [0, 0.1) is 0 Å². The molecule has 0 saturated carbocycles. The molecule has 0 spiro atoms. The molecule has 1 aliphatic rings. The fourth-order valence-corrected chi connectivity index (χ4v) is 2.81. The van der Waals surface area contributed by atoms with Gasteiger partial charge >= 0.3 is 0 Å². The number of nitrogens with two attached hydrogens (primary N) is 1. The predicted octanol–water partition coefficient (Wildman–Crippen LogP) is 3.62. The van der Waals surface area contributed by atoms with Gasteiger partial charge in [0.2, 0.25) is 0 Å². The lowest BCUT2D eigenvalue weighted by molar-refractivity contribution is 0.692. The first kappa shape index (κ1) is 12.2. The first-order valence-electron chi connectivity index (χ1n) is 6.96. The molecule has 0 fully saturated rings. The highest BCUT2D eigenvalue weighted by atomic mass is 15.1. The van der Waals surface area contributed by atoms with Crippen molar-refractivity contribution in [1.29, 1.82) is 0 Å². The molecular weight excluding hydrogens is 232 g/mol. The Morgan fingerprint density at radius 3 is 2.21 bits per heavy atom. The standard InChI is InChI=1S/C17H20N2/c1-2-16(18)15-9-5-6-10-17(15)19-11-13-7-3-4-8-14(13)12-19/h3-10,16H,2,11-12,18H2,1H3. The molecule has 2 heteroatoms. The predicted molar refractivity (Wildman–Crippen MR) is 80.0 cm³/mol. The second kappa shape index (κ2) is 5.06. The summed E-state index contributed by atoms with van der Waals surface area (Å²) in [6.45, 7) is 4.12. The molecule has 0 bridgehead atoms. The van der Waals surface area contributed by atoms with E-state index in [1.165, 1.54) is 22.4 Å². The van der Waals surface area contributed by atoms with Crippen LogP contribution in [0.15, 0.2) is 48.5 Å². The SMILES string of the molecule is CCC(N)c1ccccc1N1Cc2ccccc2C1. The van der Waals surface area contributed by atoms with Crippen LogP contribution in [0.5, 0.6) is 0 Å². The summed E-state index contributed by atoms with van der Waals surface area (Å²) in [6.07, 6.45) is 0.970. The van der Waals surface area contributed by atoms with Crippen LogP contribution in [-0.2, 0) is 13.1 Å². The summed E-state index contributed by atoms with van der Waals surface area (Å²) in [6, 6.07) is 17.3. The monoisotopic (exact) mass is 252 g/mol. The fourth-order valence-electron chi connectivity index (χ4n) is 2.81. The Morgan fingerprint density at radius 1 is 1.00 bits per heavy atom. The summed E-state index contributed by atoms with van der Waals surface area (Å²) >= 11 is 0. The Morgan fingerprint density at radius 2 is 1.58 bits per heavy atom. The summed E-state index contributed by atoms with van der Waals surface area (Å²) < 4.78 is 0. The Hall–Kier alpha value is -1.80. The van der Waals surface area contributed by atoms with Gasteiger partial charge in [0.05, 0.1) is 0 Å². The average Bonchev–Trinajstić information content (AvgIpc) is 2.90. The number of hydrogen-bond donors (Lipinski definition) is 1. The van der Waals surface area contributed by atoms with E-state index in [0.29, 0.717) is 0 Å². The molecule has 1 heterocycles. The van der Waals surface area contributed by atoms with Gasteiger partial charge in [-0.05, 0) is 29.2 Å². The van der Waals surface area contributed by atoms with E-state index in [0.717, 1.165) is 19.5 Å². The first-order valence-corrected chi connectivity index (χ1v) is 6.96. The summed E-state index contributed by atoms with van der Waals surface area (Å²) in [5, 5.41) is 0. The van der Waals surface area contributed by atoms with Gasteiger partial charge in [-0.25, -0.2) is 0 Å². The van der Waals surface area contributed by atoms with Gasteiger partial charge in [-0.1, -0.05) is 49.4 Å². The van der Waals surface area contributed by atoms with Crippen LogP contribution >= 0.6 is 0 Å². The number of hydrogen-bond acceptors (Lipinski definition) is 2. The van der Waals surface area contributed by atoms with E-state index in [2.05, 4.69) is 60.4 Å². The van der Waals surface area contributed by atoms with Crippen LogP contribution < -0.4 is 10.6 Å². The molecule has 98 valence electrons. The van der Waals surface area contributed by atoms with Gasteiger partial charge in [-0.2, -0.15) is 0 Å². The van der Waals surface area contributed by atoms with Crippen molar-refractivity contribution in [3.63, 3.8) is 0 Å². The summed E-state index contributed by atoms with van der Waals surface area (Å²) in [4.78, 5) is 2.43. The van der Waals surface area contributed by atoms with Gasteiger partial charge in [-0.3, -0.25) is 0 Å². The zero-order chi connectivity index (χ0) is 13.2. The van der Waals surface area contributed by atoms with E-state index in [1.807, 2.05) is 0 Å². The number of benzene rings is 2. The van der Waals surface area contributed by atoms with E-state index >= 15 is 0 Å². The summed E-state index contributed by atoms with van der Waals surface area (Å²) in [5.74, 6) is 0. The largest absolute Gasteiger partial charge is 0.363 e. The molecule has 19 heavy (non-hydrogen) atoms. The third-order valence-electron chi connectivity index (χ3n) is 3.96. The van der Waals surface area contributed by atoms with Crippen LogP contribution in [0.4, 0.5) is 5.69 Å². The molecule has 1 aliphatic heterocycles. The zero-order valence-electron chi connectivity index (χ0n) is 11.3. The van der Waals surface area contributed by atoms with Gasteiger partial charge in [-0.15, -0.1) is 0 Å². The topological polar surface area (TPSA) is 29.3 Å². The molecule has 0 aromatic heterocycles. The van der Waals surface area contributed by atoms with E-state index in [4.69, 9.17) is 5.73 Å². The molecule has 3 rings (SSSR count). The van der Waals surface area contributed by atoms with Crippen LogP contribution in [0.25, 0.3) is 0 Å². The number of fused-ring (bicyclic) bond motifs is 1. The van der Waals surface area contributed by atoms with Crippen molar-refractivity contribution in [3.8, 4) is 0 Å². The average molecular weight is 252 g/mol. The maximum Gasteiger partial charge on any atom is 0.0436 e. The molecule has 1 atom stereocenters. The Labute approximate surface area is 114 Å². The second-order valence-corrected chi connectivity index (χ2v) is 5.20. The molecule has 0 aliphatic carbocycles. The van der Waals surface area contributed by atoms with Crippen molar-refractivity contribution in [2.45, 2.75) is 32.5 Å². The van der Waals surface area contributed by atoms with Crippen LogP contribution in [0.2, 0.25) is 0 Å². The van der Waals surface area contributed by atoms with Gasteiger partial charge in [0.25, 0.3) is 0 Å². The normalized spacial score (nSPS) is 15.4. The van der Waals surface area contributed by atoms with Crippen molar-refractivity contribution in [2.24, 2.45) is 5.73 Å². The van der Waals surface area contributed by atoms with Crippen molar-refractivity contribution < 1.29 is 0 Å². The Bertz CT molecular complexity index is 552. The molecule has 2 aromatic rings. The zero-order valence-corrected chi connectivity index (χ0v) is 11.3. The smallest absolute Gasteiger partial charge is 0.0436 e. The first-order chi connectivity index (χ1) is 9.29. The van der Waals surface area contributed by atoms with Crippen molar-refractivity contribution >= 4 is 5.69 Å². The van der Waals surface area contributed by atoms with Crippen molar-refractivity contribution in [1.82, 2.24) is 0 Å².